The zero-order chi connectivity index (χ0) is 13.0. The highest BCUT2D eigenvalue weighted by Gasteiger charge is 2.44. The molecule has 1 saturated heterocycles. The number of aliphatic hydroxyl groups is 1. The van der Waals surface area contributed by atoms with E-state index in [1.165, 1.54) is 19.3 Å². The Morgan fingerprint density at radius 3 is 2.28 bits per heavy atom. The third kappa shape index (κ3) is 2.87. The molecular weight excluding hydrogens is 226 g/mol. The standard InChI is InChI=1S/C15H25NO2/c1-12-7-8-13(18-12)14(17)15(11-16)9-5-3-2-4-6-10-15/h12-14,17H,2-10H2,1H3. The molecule has 3 nitrogen and oxygen atoms in total. The third-order valence-electron chi connectivity index (χ3n) is 4.65. The van der Waals surface area contributed by atoms with Gasteiger partial charge in [-0.25, -0.2) is 0 Å². The van der Waals surface area contributed by atoms with Gasteiger partial charge in [0.25, 0.3) is 0 Å². The fraction of sp³-hybridized carbons (Fsp3) is 0.933. The highest BCUT2D eigenvalue weighted by molar-refractivity contribution is 5.06. The molecule has 0 bridgehead atoms. The van der Waals surface area contributed by atoms with Gasteiger partial charge in [0.2, 0.25) is 0 Å². The van der Waals surface area contributed by atoms with Crippen molar-refractivity contribution in [2.45, 2.75) is 83.0 Å². The predicted octanol–water partition coefficient (Wildman–Crippen LogP) is 3.17. The van der Waals surface area contributed by atoms with E-state index >= 15 is 0 Å². The summed E-state index contributed by atoms with van der Waals surface area (Å²) in [6.07, 6.45) is 8.84. The van der Waals surface area contributed by atoms with Gasteiger partial charge < -0.3 is 9.84 Å². The summed E-state index contributed by atoms with van der Waals surface area (Å²) in [7, 11) is 0. The first-order chi connectivity index (χ1) is 8.68. The first kappa shape index (κ1) is 13.8. The van der Waals surface area contributed by atoms with Crippen molar-refractivity contribution in [3.8, 4) is 6.07 Å². The lowest BCUT2D eigenvalue weighted by Crippen LogP contribution is -2.43. The molecule has 1 aliphatic heterocycles. The Hall–Kier alpha value is -0.590. The van der Waals surface area contributed by atoms with Gasteiger partial charge in [-0.3, -0.25) is 0 Å². The Kier molecular flexibility index (Phi) is 4.64. The van der Waals surface area contributed by atoms with Crippen LogP contribution in [0, 0.1) is 16.7 Å². The monoisotopic (exact) mass is 251 g/mol. The smallest absolute Gasteiger partial charge is 0.0987 e. The van der Waals surface area contributed by atoms with Crippen molar-refractivity contribution in [1.29, 1.82) is 5.26 Å². The van der Waals surface area contributed by atoms with E-state index in [-0.39, 0.29) is 12.2 Å². The highest BCUT2D eigenvalue weighted by Crippen LogP contribution is 2.40. The lowest BCUT2D eigenvalue weighted by molar-refractivity contribution is -0.0786. The number of aliphatic hydroxyl groups excluding tert-OH is 1. The number of rotatable bonds is 2. The van der Waals surface area contributed by atoms with Crippen LogP contribution in [0.4, 0.5) is 0 Å². The maximum atomic E-state index is 10.6. The van der Waals surface area contributed by atoms with Gasteiger partial charge in [-0.1, -0.05) is 32.1 Å². The molecule has 0 aromatic rings. The molecule has 2 rings (SSSR count). The summed E-state index contributed by atoms with van der Waals surface area (Å²) in [4.78, 5) is 0. The Labute approximate surface area is 110 Å². The van der Waals surface area contributed by atoms with Crippen LogP contribution in [0.1, 0.15) is 64.7 Å². The Morgan fingerprint density at radius 2 is 1.78 bits per heavy atom. The number of nitrogens with zero attached hydrogens (tertiary/aromatic N) is 1. The van der Waals surface area contributed by atoms with E-state index in [1.807, 2.05) is 6.92 Å². The largest absolute Gasteiger partial charge is 0.389 e. The molecule has 1 saturated carbocycles. The molecule has 1 N–H and O–H groups in total. The third-order valence-corrected chi connectivity index (χ3v) is 4.65. The van der Waals surface area contributed by atoms with E-state index in [4.69, 9.17) is 4.74 Å². The highest BCUT2D eigenvalue weighted by atomic mass is 16.5. The van der Waals surface area contributed by atoms with E-state index in [9.17, 15) is 10.4 Å². The van der Waals surface area contributed by atoms with Crippen LogP contribution in [0.3, 0.4) is 0 Å². The van der Waals surface area contributed by atoms with E-state index in [1.54, 1.807) is 0 Å². The number of hydrogen-bond donors (Lipinski definition) is 1. The number of nitriles is 1. The molecule has 3 atom stereocenters. The lowest BCUT2D eigenvalue weighted by Gasteiger charge is -2.36. The van der Waals surface area contributed by atoms with E-state index in [2.05, 4.69) is 6.07 Å². The van der Waals surface area contributed by atoms with Gasteiger partial charge in [0.05, 0.1) is 29.8 Å². The molecule has 0 spiro atoms. The minimum Gasteiger partial charge on any atom is -0.389 e. The van der Waals surface area contributed by atoms with Crippen molar-refractivity contribution in [2.24, 2.45) is 5.41 Å². The zero-order valence-corrected chi connectivity index (χ0v) is 11.4. The van der Waals surface area contributed by atoms with Crippen molar-refractivity contribution in [3.05, 3.63) is 0 Å². The average molecular weight is 251 g/mol. The molecule has 2 fully saturated rings. The van der Waals surface area contributed by atoms with Gasteiger partial charge in [-0.2, -0.15) is 5.26 Å². The minimum atomic E-state index is -0.606. The van der Waals surface area contributed by atoms with Crippen LogP contribution in [-0.2, 0) is 4.74 Å². The second kappa shape index (κ2) is 6.04. The van der Waals surface area contributed by atoms with Gasteiger partial charge in [-0.15, -0.1) is 0 Å². The zero-order valence-electron chi connectivity index (χ0n) is 11.4. The van der Waals surface area contributed by atoms with Crippen molar-refractivity contribution in [2.75, 3.05) is 0 Å². The summed E-state index contributed by atoms with van der Waals surface area (Å²) in [5.74, 6) is 0. The van der Waals surface area contributed by atoms with Gasteiger partial charge in [0.1, 0.15) is 0 Å². The lowest BCUT2D eigenvalue weighted by atomic mass is 9.71. The van der Waals surface area contributed by atoms with E-state index in [0.29, 0.717) is 0 Å². The second-order valence-electron chi connectivity index (χ2n) is 6.04. The van der Waals surface area contributed by atoms with Crippen LogP contribution in [0.25, 0.3) is 0 Å². The van der Waals surface area contributed by atoms with Crippen molar-refractivity contribution in [1.82, 2.24) is 0 Å². The predicted molar refractivity (Wildman–Crippen MR) is 69.9 cm³/mol. The normalized spacial score (nSPS) is 34.3. The molecule has 0 radical (unpaired) electrons. The summed E-state index contributed by atoms with van der Waals surface area (Å²) in [6, 6.07) is 2.45. The Bertz CT molecular complexity index is 302. The maximum Gasteiger partial charge on any atom is 0.0987 e. The number of ether oxygens (including phenoxy) is 1. The van der Waals surface area contributed by atoms with E-state index in [0.717, 1.165) is 38.5 Å². The quantitative estimate of drug-likeness (QED) is 0.820. The minimum absolute atomic E-state index is 0.126. The fourth-order valence-corrected chi connectivity index (χ4v) is 3.43. The first-order valence-electron chi connectivity index (χ1n) is 7.43. The van der Waals surface area contributed by atoms with Crippen molar-refractivity contribution in [3.63, 3.8) is 0 Å². The summed E-state index contributed by atoms with van der Waals surface area (Å²) < 4.78 is 5.77. The van der Waals surface area contributed by atoms with Gasteiger partial charge in [0, 0.05) is 0 Å². The topological polar surface area (TPSA) is 53.2 Å². The summed E-state index contributed by atoms with van der Waals surface area (Å²) in [5, 5.41) is 20.2. The molecule has 1 heterocycles. The molecule has 3 heteroatoms. The molecule has 1 aliphatic carbocycles. The molecule has 0 aromatic carbocycles. The van der Waals surface area contributed by atoms with Crippen LogP contribution in [0.5, 0.6) is 0 Å². The summed E-state index contributed by atoms with van der Waals surface area (Å²) >= 11 is 0. The van der Waals surface area contributed by atoms with Gasteiger partial charge in [0.15, 0.2) is 0 Å². The van der Waals surface area contributed by atoms with Crippen LogP contribution in [-0.4, -0.2) is 23.4 Å². The van der Waals surface area contributed by atoms with Gasteiger partial charge >= 0.3 is 0 Å². The Balaban J connectivity index is 2.07. The van der Waals surface area contributed by atoms with Crippen LogP contribution >= 0.6 is 0 Å². The van der Waals surface area contributed by atoms with Gasteiger partial charge in [-0.05, 0) is 32.6 Å². The fourth-order valence-electron chi connectivity index (χ4n) is 3.43. The van der Waals surface area contributed by atoms with Crippen LogP contribution in [0.15, 0.2) is 0 Å². The molecule has 18 heavy (non-hydrogen) atoms. The maximum absolute atomic E-state index is 10.6. The molecule has 2 aliphatic rings. The molecule has 0 aromatic heterocycles. The van der Waals surface area contributed by atoms with Crippen LogP contribution in [0.2, 0.25) is 0 Å². The molecule has 102 valence electrons. The summed E-state index contributed by atoms with van der Waals surface area (Å²) in [6.45, 7) is 2.05. The average Bonchev–Trinajstić information content (AvgIpc) is 2.76. The molecule has 0 amide bonds. The molecule has 3 unspecified atom stereocenters. The summed E-state index contributed by atoms with van der Waals surface area (Å²) in [5.41, 5.74) is -0.560. The van der Waals surface area contributed by atoms with E-state index < -0.39 is 11.5 Å². The molecular formula is C15H25NO2. The number of hydrogen-bond acceptors (Lipinski definition) is 3. The SMILES string of the molecule is CC1CCC(C(O)C2(C#N)CCCCCCC2)O1. The first-order valence-corrected chi connectivity index (χ1v) is 7.43. The second-order valence-corrected chi connectivity index (χ2v) is 6.04. The van der Waals surface area contributed by atoms with Crippen molar-refractivity contribution >= 4 is 0 Å². The van der Waals surface area contributed by atoms with Crippen LogP contribution < -0.4 is 0 Å². The van der Waals surface area contributed by atoms with Crippen molar-refractivity contribution < 1.29 is 9.84 Å². The Morgan fingerprint density at radius 1 is 1.17 bits per heavy atom.